The molecule has 0 atom stereocenters. The maximum Gasteiger partial charge on any atom is 0.314 e. The van der Waals surface area contributed by atoms with E-state index in [1.54, 1.807) is 19.1 Å². The van der Waals surface area contributed by atoms with Crippen LogP contribution in [-0.2, 0) is 10.2 Å². The smallest absolute Gasteiger partial charge is 0.314 e. The number of carbonyl (C=O) groups is 1. The lowest BCUT2D eigenvalue weighted by Crippen LogP contribution is -2.33. The zero-order valence-electron chi connectivity index (χ0n) is 10.7. The maximum atomic E-state index is 11.7. The fraction of sp³-hybridized carbons (Fsp3) is 0.500. The molecular formula is C14H18O4. The number of aliphatic carboxylic acids is 1. The van der Waals surface area contributed by atoms with E-state index in [2.05, 4.69) is 0 Å². The third kappa shape index (κ3) is 1.72. The molecule has 0 heterocycles. The molecule has 0 saturated heterocycles. The lowest BCUT2D eigenvalue weighted by molar-refractivity contribution is -0.143. The molecule has 0 radical (unpaired) electrons. The summed E-state index contributed by atoms with van der Waals surface area (Å²) < 4.78 is 5.23. The van der Waals surface area contributed by atoms with E-state index in [4.69, 9.17) is 4.74 Å². The van der Waals surface area contributed by atoms with Crippen molar-refractivity contribution in [2.75, 3.05) is 7.11 Å². The number of carboxylic acid groups (broad SMARTS) is 1. The SMILES string of the molecule is COc1c(C2(C(=O)O)CCCC2)ccc(C)c1O. The average Bonchev–Trinajstić information content (AvgIpc) is 2.82. The molecule has 2 N–H and O–H groups in total. The van der Waals surface area contributed by atoms with Gasteiger partial charge >= 0.3 is 5.97 Å². The maximum absolute atomic E-state index is 11.7. The second-order valence-electron chi connectivity index (χ2n) is 4.91. The van der Waals surface area contributed by atoms with Crippen molar-refractivity contribution >= 4 is 5.97 Å². The summed E-state index contributed by atoms with van der Waals surface area (Å²) >= 11 is 0. The van der Waals surface area contributed by atoms with Crippen LogP contribution in [0.5, 0.6) is 11.5 Å². The number of aromatic hydroxyl groups is 1. The number of phenols is 1. The predicted octanol–water partition coefficient (Wildman–Crippen LogP) is 2.61. The van der Waals surface area contributed by atoms with Crippen LogP contribution < -0.4 is 4.74 Å². The van der Waals surface area contributed by atoms with Crippen LogP contribution in [-0.4, -0.2) is 23.3 Å². The lowest BCUT2D eigenvalue weighted by Gasteiger charge is -2.27. The van der Waals surface area contributed by atoms with Crippen LogP contribution in [0.2, 0.25) is 0 Å². The highest BCUT2D eigenvalue weighted by Crippen LogP contribution is 2.48. The Bertz CT molecular complexity index is 473. The lowest BCUT2D eigenvalue weighted by atomic mass is 9.78. The van der Waals surface area contributed by atoms with Gasteiger partial charge in [-0.1, -0.05) is 25.0 Å². The summed E-state index contributed by atoms with van der Waals surface area (Å²) in [6.45, 7) is 1.77. The molecule has 0 bridgehead atoms. The van der Waals surface area contributed by atoms with Gasteiger partial charge in [0.1, 0.15) is 0 Å². The van der Waals surface area contributed by atoms with Gasteiger partial charge in [0, 0.05) is 5.56 Å². The predicted molar refractivity (Wildman–Crippen MR) is 67.2 cm³/mol. The Balaban J connectivity index is 2.62. The summed E-state index contributed by atoms with van der Waals surface area (Å²) in [5, 5.41) is 19.6. The molecule has 0 unspecified atom stereocenters. The van der Waals surface area contributed by atoms with Crippen molar-refractivity contribution in [1.29, 1.82) is 0 Å². The molecular weight excluding hydrogens is 232 g/mol. The first kappa shape index (κ1) is 12.7. The average molecular weight is 250 g/mol. The van der Waals surface area contributed by atoms with Gasteiger partial charge < -0.3 is 14.9 Å². The quantitative estimate of drug-likeness (QED) is 0.865. The number of carboxylic acids is 1. The molecule has 4 nitrogen and oxygen atoms in total. The van der Waals surface area contributed by atoms with Crippen molar-refractivity contribution in [3.8, 4) is 11.5 Å². The van der Waals surface area contributed by atoms with E-state index < -0.39 is 11.4 Å². The highest BCUT2D eigenvalue weighted by Gasteiger charge is 2.45. The van der Waals surface area contributed by atoms with Crippen molar-refractivity contribution < 1.29 is 19.7 Å². The molecule has 1 aliphatic carbocycles. The highest BCUT2D eigenvalue weighted by molar-refractivity contribution is 5.83. The standard InChI is InChI=1S/C14H18O4/c1-9-5-6-10(12(18-2)11(9)15)14(13(16)17)7-3-4-8-14/h5-6,15H,3-4,7-8H2,1-2H3,(H,16,17). The molecule has 0 amide bonds. The first-order valence-electron chi connectivity index (χ1n) is 6.13. The first-order chi connectivity index (χ1) is 8.53. The Hall–Kier alpha value is -1.71. The number of aryl methyl sites for hydroxylation is 1. The molecule has 0 aromatic heterocycles. The van der Waals surface area contributed by atoms with Gasteiger partial charge in [0.2, 0.25) is 0 Å². The number of hydrogen-bond acceptors (Lipinski definition) is 3. The van der Waals surface area contributed by atoms with Crippen molar-refractivity contribution in [2.24, 2.45) is 0 Å². The summed E-state index contributed by atoms with van der Waals surface area (Å²) in [4.78, 5) is 11.7. The van der Waals surface area contributed by atoms with E-state index >= 15 is 0 Å². The van der Waals surface area contributed by atoms with E-state index in [9.17, 15) is 15.0 Å². The highest BCUT2D eigenvalue weighted by atomic mass is 16.5. The third-order valence-corrected chi connectivity index (χ3v) is 3.92. The number of benzene rings is 1. The van der Waals surface area contributed by atoms with Gasteiger partial charge in [-0.25, -0.2) is 0 Å². The summed E-state index contributed by atoms with van der Waals surface area (Å²) in [6.07, 6.45) is 2.98. The third-order valence-electron chi connectivity index (χ3n) is 3.92. The molecule has 1 aliphatic rings. The molecule has 4 heteroatoms. The van der Waals surface area contributed by atoms with E-state index in [1.807, 2.05) is 0 Å². The van der Waals surface area contributed by atoms with E-state index in [0.29, 0.717) is 29.7 Å². The summed E-state index contributed by atoms with van der Waals surface area (Å²) in [5.74, 6) is -0.483. The molecule has 1 fully saturated rings. The van der Waals surface area contributed by atoms with Crippen molar-refractivity contribution in [3.05, 3.63) is 23.3 Å². The number of rotatable bonds is 3. The molecule has 1 saturated carbocycles. The van der Waals surface area contributed by atoms with Crippen LogP contribution in [0.1, 0.15) is 36.8 Å². The van der Waals surface area contributed by atoms with Crippen LogP contribution in [0.15, 0.2) is 12.1 Å². The van der Waals surface area contributed by atoms with Gasteiger partial charge in [0.25, 0.3) is 0 Å². The Kier molecular flexibility index (Phi) is 3.20. The number of ether oxygens (including phenoxy) is 1. The van der Waals surface area contributed by atoms with Gasteiger partial charge in [0.05, 0.1) is 12.5 Å². The largest absolute Gasteiger partial charge is 0.504 e. The Morgan fingerprint density at radius 2 is 1.94 bits per heavy atom. The number of methoxy groups -OCH3 is 1. The minimum atomic E-state index is -0.906. The molecule has 0 aliphatic heterocycles. The van der Waals surface area contributed by atoms with Gasteiger partial charge in [0.15, 0.2) is 11.5 Å². The molecule has 98 valence electrons. The first-order valence-corrected chi connectivity index (χ1v) is 6.13. The second-order valence-corrected chi connectivity index (χ2v) is 4.91. The van der Waals surface area contributed by atoms with Gasteiger partial charge in [-0.3, -0.25) is 4.79 Å². The Morgan fingerprint density at radius 1 is 1.33 bits per heavy atom. The minimum absolute atomic E-state index is 0.0440. The fourth-order valence-corrected chi connectivity index (χ4v) is 2.83. The Labute approximate surface area is 106 Å². The molecule has 1 aromatic carbocycles. The van der Waals surface area contributed by atoms with Crippen LogP contribution in [0, 0.1) is 6.92 Å². The number of hydrogen-bond donors (Lipinski definition) is 2. The summed E-state index contributed by atoms with van der Waals surface area (Å²) in [5.41, 5.74) is 0.378. The molecule has 2 rings (SSSR count). The zero-order chi connectivity index (χ0) is 13.3. The normalized spacial score (nSPS) is 17.7. The summed E-state index contributed by atoms with van der Waals surface area (Å²) in [7, 11) is 1.46. The monoisotopic (exact) mass is 250 g/mol. The molecule has 1 aromatic rings. The van der Waals surface area contributed by atoms with Crippen molar-refractivity contribution in [3.63, 3.8) is 0 Å². The van der Waals surface area contributed by atoms with E-state index in [0.717, 1.165) is 12.8 Å². The van der Waals surface area contributed by atoms with Crippen LogP contribution in [0.3, 0.4) is 0 Å². The topological polar surface area (TPSA) is 66.8 Å². The molecule has 18 heavy (non-hydrogen) atoms. The molecule has 0 spiro atoms. The minimum Gasteiger partial charge on any atom is -0.504 e. The number of phenolic OH excluding ortho intramolecular Hbond substituents is 1. The van der Waals surface area contributed by atoms with Crippen LogP contribution in [0.4, 0.5) is 0 Å². The van der Waals surface area contributed by atoms with Gasteiger partial charge in [-0.05, 0) is 25.3 Å². The Morgan fingerprint density at radius 3 is 2.44 bits per heavy atom. The summed E-state index contributed by atoms with van der Waals surface area (Å²) in [6, 6.07) is 3.52. The second kappa shape index (κ2) is 4.52. The van der Waals surface area contributed by atoms with Gasteiger partial charge in [-0.15, -0.1) is 0 Å². The fourth-order valence-electron chi connectivity index (χ4n) is 2.83. The van der Waals surface area contributed by atoms with Crippen LogP contribution >= 0.6 is 0 Å². The van der Waals surface area contributed by atoms with Crippen molar-refractivity contribution in [2.45, 2.75) is 38.0 Å². The van der Waals surface area contributed by atoms with Crippen molar-refractivity contribution in [1.82, 2.24) is 0 Å². The van der Waals surface area contributed by atoms with Gasteiger partial charge in [-0.2, -0.15) is 0 Å². The zero-order valence-corrected chi connectivity index (χ0v) is 10.7. The van der Waals surface area contributed by atoms with E-state index in [1.165, 1.54) is 7.11 Å². The van der Waals surface area contributed by atoms with E-state index in [-0.39, 0.29) is 5.75 Å². The van der Waals surface area contributed by atoms with Crippen LogP contribution in [0.25, 0.3) is 0 Å².